The number of fused-ring (bicyclic) bond motifs is 1. The van der Waals surface area contributed by atoms with Crippen molar-refractivity contribution >= 4 is 5.82 Å². The zero-order chi connectivity index (χ0) is 12.8. The van der Waals surface area contributed by atoms with Crippen LogP contribution >= 0.6 is 0 Å². The van der Waals surface area contributed by atoms with Crippen molar-refractivity contribution in [1.29, 1.82) is 0 Å². The molecule has 1 aliphatic rings. The summed E-state index contributed by atoms with van der Waals surface area (Å²) in [5.41, 5.74) is 2.59. The molecule has 0 unspecified atom stereocenters. The number of unbranched alkanes of at least 4 members (excludes halogenated alkanes) is 2. The Morgan fingerprint density at radius 3 is 2.89 bits per heavy atom. The summed E-state index contributed by atoms with van der Waals surface area (Å²) in [6, 6.07) is 0. The number of anilines is 1. The Labute approximate surface area is 109 Å². The number of aryl methyl sites for hydroxylation is 2. The van der Waals surface area contributed by atoms with Gasteiger partial charge in [-0.2, -0.15) is 0 Å². The second-order valence-corrected chi connectivity index (χ2v) is 4.84. The van der Waals surface area contributed by atoms with E-state index in [1.54, 1.807) is 0 Å². The lowest BCUT2D eigenvalue weighted by Crippen LogP contribution is -2.14. The van der Waals surface area contributed by atoms with Crippen molar-refractivity contribution in [2.75, 3.05) is 11.9 Å². The van der Waals surface area contributed by atoms with Crippen LogP contribution in [0.4, 0.5) is 5.82 Å². The molecule has 0 saturated heterocycles. The number of nitrogens with one attached hydrogen (secondary N) is 1. The monoisotopic (exact) mass is 243 g/mol. The molecule has 0 aliphatic heterocycles. The standard InChI is InChI=1S/C15H21N3/c1-3-4-5-8-11-16-15-13-9-6-7-10-14(13)17-12(2)18-15/h1H,4-11H2,2H3,(H,16,17,18). The van der Waals surface area contributed by atoms with Gasteiger partial charge in [0.05, 0.1) is 0 Å². The Balaban J connectivity index is 1.99. The molecule has 0 fully saturated rings. The van der Waals surface area contributed by atoms with Crippen LogP contribution in [0.2, 0.25) is 0 Å². The lowest BCUT2D eigenvalue weighted by atomic mass is 9.96. The van der Waals surface area contributed by atoms with Gasteiger partial charge < -0.3 is 5.32 Å². The van der Waals surface area contributed by atoms with Crippen LogP contribution in [0.3, 0.4) is 0 Å². The van der Waals surface area contributed by atoms with Crippen LogP contribution in [0.15, 0.2) is 0 Å². The summed E-state index contributed by atoms with van der Waals surface area (Å²) in [4.78, 5) is 9.10. The molecule has 1 aliphatic carbocycles. The number of terminal acetylenes is 1. The van der Waals surface area contributed by atoms with Crippen LogP contribution in [0.5, 0.6) is 0 Å². The molecule has 1 heterocycles. The second kappa shape index (κ2) is 6.39. The largest absolute Gasteiger partial charge is 0.370 e. The summed E-state index contributed by atoms with van der Waals surface area (Å²) < 4.78 is 0. The van der Waals surface area contributed by atoms with Crippen molar-refractivity contribution in [3.8, 4) is 12.3 Å². The molecule has 0 radical (unpaired) electrons. The molecule has 3 nitrogen and oxygen atoms in total. The Bertz CT molecular complexity index is 446. The maximum absolute atomic E-state index is 5.24. The average molecular weight is 243 g/mol. The number of nitrogens with zero attached hydrogens (tertiary/aromatic N) is 2. The average Bonchev–Trinajstić information content (AvgIpc) is 2.38. The van der Waals surface area contributed by atoms with Crippen molar-refractivity contribution in [2.45, 2.75) is 51.9 Å². The second-order valence-electron chi connectivity index (χ2n) is 4.84. The van der Waals surface area contributed by atoms with E-state index < -0.39 is 0 Å². The summed E-state index contributed by atoms with van der Waals surface area (Å²) in [7, 11) is 0. The predicted octanol–water partition coefficient (Wildman–Crippen LogP) is 2.88. The fourth-order valence-electron chi connectivity index (χ4n) is 2.42. The van der Waals surface area contributed by atoms with Gasteiger partial charge in [0, 0.05) is 24.2 Å². The highest BCUT2D eigenvalue weighted by Crippen LogP contribution is 2.25. The lowest BCUT2D eigenvalue weighted by Gasteiger charge is -2.19. The Kier molecular flexibility index (Phi) is 4.58. The highest BCUT2D eigenvalue weighted by Gasteiger charge is 2.16. The van der Waals surface area contributed by atoms with E-state index in [9.17, 15) is 0 Å². The van der Waals surface area contributed by atoms with E-state index in [0.717, 1.165) is 50.3 Å². The topological polar surface area (TPSA) is 37.8 Å². The minimum Gasteiger partial charge on any atom is -0.370 e. The van der Waals surface area contributed by atoms with Crippen LogP contribution in [0.25, 0.3) is 0 Å². The number of hydrogen-bond acceptors (Lipinski definition) is 3. The first-order valence-electron chi connectivity index (χ1n) is 6.85. The smallest absolute Gasteiger partial charge is 0.133 e. The van der Waals surface area contributed by atoms with E-state index in [1.165, 1.54) is 24.1 Å². The zero-order valence-corrected chi connectivity index (χ0v) is 11.1. The predicted molar refractivity (Wildman–Crippen MR) is 74.6 cm³/mol. The van der Waals surface area contributed by atoms with E-state index in [4.69, 9.17) is 6.42 Å². The molecular formula is C15H21N3. The van der Waals surface area contributed by atoms with E-state index in [1.807, 2.05) is 6.92 Å². The van der Waals surface area contributed by atoms with Crippen LogP contribution < -0.4 is 5.32 Å². The highest BCUT2D eigenvalue weighted by molar-refractivity contribution is 5.47. The number of hydrogen-bond donors (Lipinski definition) is 1. The van der Waals surface area contributed by atoms with Gasteiger partial charge in [0.15, 0.2) is 0 Å². The Hall–Kier alpha value is -1.56. The van der Waals surface area contributed by atoms with Crippen LogP contribution in [-0.4, -0.2) is 16.5 Å². The first-order valence-corrected chi connectivity index (χ1v) is 6.85. The van der Waals surface area contributed by atoms with Gasteiger partial charge in [-0.05, 0) is 45.4 Å². The maximum Gasteiger partial charge on any atom is 0.133 e. The van der Waals surface area contributed by atoms with Gasteiger partial charge in [0.25, 0.3) is 0 Å². The van der Waals surface area contributed by atoms with Gasteiger partial charge in [0.2, 0.25) is 0 Å². The van der Waals surface area contributed by atoms with Crippen molar-refractivity contribution in [3.05, 3.63) is 17.1 Å². The quantitative estimate of drug-likeness (QED) is 0.638. The van der Waals surface area contributed by atoms with Crippen molar-refractivity contribution < 1.29 is 0 Å². The fraction of sp³-hybridized carbons (Fsp3) is 0.600. The third-order valence-electron chi connectivity index (χ3n) is 3.34. The minimum atomic E-state index is 0.864. The third-order valence-corrected chi connectivity index (χ3v) is 3.34. The first-order chi connectivity index (χ1) is 8.81. The minimum absolute atomic E-state index is 0.864. The molecule has 0 spiro atoms. The number of aromatic nitrogens is 2. The van der Waals surface area contributed by atoms with E-state index in [-0.39, 0.29) is 0 Å². The van der Waals surface area contributed by atoms with Crippen LogP contribution in [0, 0.1) is 19.3 Å². The third kappa shape index (κ3) is 3.22. The Morgan fingerprint density at radius 1 is 1.22 bits per heavy atom. The van der Waals surface area contributed by atoms with Crippen LogP contribution in [-0.2, 0) is 12.8 Å². The molecule has 0 saturated carbocycles. The van der Waals surface area contributed by atoms with Gasteiger partial charge in [-0.1, -0.05) is 0 Å². The maximum atomic E-state index is 5.24. The van der Waals surface area contributed by atoms with E-state index in [0.29, 0.717) is 0 Å². The molecule has 0 bridgehead atoms. The molecule has 0 atom stereocenters. The molecular weight excluding hydrogens is 222 g/mol. The molecule has 1 N–H and O–H groups in total. The SMILES string of the molecule is C#CCCCCNc1nc(C)nc2c1CCCC2. The molecule has 3 heteroatoms. The summed E-state index contributed by atoms with van der Waals surface area (Å²) in [5, 5.41) is 3.45. The van der Waals surface area contributed by atoms with Gasteiger partial charge >= 0.3 is 0 Å². The first kappa shape index (κ1) is 12.9. The fourth-order valence-corrected chi connectivity index (χ4v) is 2.42. The zero-order valence-electron chi connectivity index (χ0n) is 11.1. The molecule has 18 heavy (non-hydrogen) atoms. The summed E-state index contributed by atoms with van der Waals surface area (Å²) in [5.74, 6) is 4.60. The van der Waals surface area contributed by atoms with Gasteiger partial charge in [0.1, 0.15) is 11.6 Å². The molecule has 2 rings (SSSR count). The van der Waals surface area contributed by atoms with Crippen molar-refractivity contribution in [2.24, 2.45) is 0 Å². The van der Waals surface area contributed by atoms with Crippen molar-refractivity contribution in [1.82, 2.24) is 9.97 Å². The Morgan fingerprint density at radius 2 is 2.06 bits per heavy atom. The van der Waals surface area contributed by atoms with Gasteiger partial charge in [-0.3, -0.25) is 0 Å². The van der Waals surface area contributed by atoms with Crippen LogP contribution in [0.1, 0.15) is 49.2 Å². The van der Waals surface area contributed by atoms with E-state index in [2.05, 4.69) is 21.2 Å². The summed E-state index contributed by atoms with van der Waals surface area (Å²) in [6.07, 6.45) is 13.0. The summed E-state index contributed by atoms with van der Waals surface area (Å²) >= 11 is 0. The van der Waals surface area contributed by atoms with Crippen molar-refractivity contribution in [3.63, 3.8) is 0 Å². The summed E-state index contributed by atoms with van der Waals surface area (Å²) in [6.45, 7) is 2.92. The van der Waals surface area contributed by atoms with Gasteiger partial charge in [-0.15, -0.1) is 12.3 Å². The molecule has 96 valence electrons. The molecule has 0 aromatic carbocycles. The molecule has 1 aromatic rings. The molecule has 1 aromatic heterocycles. The number of rotatable bonds is 5. The normalized spacial score (nSPS) is 13.8. The lowest BCUT2D eigenvalue weighted by molar-refractivity contribution is 0.658. The van der Waals surface area contributed by atoms with E-state index >= 15 is 0 Å². The highest BCUT2D eigenvalue weighted by atomic mass is 15.0. The van der Waals surface area contributed by atoms with Gasteiger partial charge in [-0.25, -0.2) is 9.97 Å². The molecule has 0 amide bonds.